The Morgan fingerprint density at radius 2 is 1.85 bits per heavy atom. The largest absolute Gasteiger partial charge is 0.496 e. The van der Waals surface area contributed by atoms with Crippen molar-refractivity contribution in [2.24, 2.45) is 0 Å². The van der Waals surface area contributed by atoms with E-state index >= 15 is 0 Å². The Morgan fingerprint density at radius 1 is 1.04 bits per heavy atom. The van der Waals surface area contributed by atoms with Crippen molar-refractivity contribution in [1.29, 1.82) is 0 Å². The molecule has 1 atom stereocenters. The number of nitrogens with one attached hydrogen (secondary N) is 1. The zero-order chi connectivity index (χ0) is 18.5. The van der Waals surface area contributed by atoms with Gasteiger partial charge in [-0.25, -0.2) is 0 Å². The summed E-state index contributed by atoms with van der Waals surface area (Å²) in [7, 11) is 1.76. The Hall–Kier alpha value is -2.69. The molecule has 0 radical (unpaired) electrons. The smallest absolute Gasteiger partial charge is 0.123 e. The molecule has 0 amide bonds. The van der Waals surface area contributed by atoms with Gasteiger partial charge in [0.15, 0.2) is 0 Å². The fourth-order valence-electron chi connectivity index (χ4n) is 3.75. The van der Waals surface area contributed by atoms with Gasteiger partial charge in [-0.2, -0.15) is 0 Å². The molecule has 0 saturated carbocycles. The molecule has 2 aromatic carbocycles. The van der Waals surface area contributed by atoms with Crippen molar-refractivity contribution in [3.63, 3.8) is 0 Å². The third-order valence-electron chi connectivity index (χ3n) is 5.21. The number of nitrogens with zero attached hydrogens (tertiary/aromatic N) is 2. The molecular formula is C23H25N3O. The molecule has 0 spiro atoms. The summed E-state index contributed by atoms with van der Waals surface area (Å²) < 4.78 is 5.74. The van der Waals surface area contributed by atoms with Gasteiger partial charge in [-0.15, -0.1) is 0 Å². The van der Waals surface area contributed by atoms with Crippen LogP contribution in [0.1, 0.15) is 17.2 Å². The predicted octanol–water partition coefficient (Wildman–Crippen LogP) is 3.90. The first kappa shape index (κ1) is 17.7. The number of rotatable bonds is 5. The highest BCUT2D eigenvalue weighted by molar-refractivity contribution is 5.66. The van der Waals surface area contributed by atoms with E-state index < -0.39 is 0 Å². The van der Waals surface area contributed by atoms with Gasteiger partial charge < -0.3 is 10.1 Å². The molecule has 1 unspecified atom stereocenters. The van der Waals surface area contributed by atoms with Crippen LogP contribution in [0.15, 0.2) is 73.1 Å². The van der Waals surface area contributed by atoms with Gasteiger partial charge in [0.05, 0.1) is 7.11 Å². The lowest BCUT2D eigenvalue weighted by Gasteiger charge is -2.36. The molecule has 4 rings (SSSR count). The summed E-state index contributed by atoms with van der Waals surface area (Å²) >= 11 is 0. The third kappa shape index (κ3) is 4.02. The zero-order valence-corrected chi connectivity index (χ0v) is 15.6. The Balaban J connectivity index is 1.59. The van der Waals surface area contributed by atoms with Gasteiger partial charge in [-0.3, -0.25) is 9.88 Å². The first-order valence-electron chi connectivity index (χ1n) is 9.42. The standard InChI is InChI=1S/C23H25N3O/c1-27-23-15-20(18-5-3-2-4-6-18)7-8-21(23)17-26-14-13-25-16-22(26)19-9-11-24-12-10-19/h2-12,15,22,25H,13-14,16-17H2,1H3. The van der Waals surface area contributed by atoms with Crippen molar-refractivity contribution >= 4 is 0 Å². The quantitative estimate of drug-likeness (QED) is 0.750. The molecule has 1 aromatic heterocycles. The first-order chi connectivity index (χ1) is 13.3. The normalized spacial score (nSPS) is 17.6. The molecule has 1 N–H and O–H groups in total. The molecule has 2 heterocycles. The van der Waals surface area contributed by atoms with Crippen LogP contribution in [0.2, 0.25) is 0 Å². The van der Waals surface area contributed by atoms with Crippen molar-refractivity contribution in [2.45, 2.75) is 12.6 Å². The Morgan fingerprint density at radius 3 is 2.63 bits per heavy atom. The highest BCUT2D eigenvalue weighted by atomic mass is 16.5. The monoisotopic (exact) mass is 359 g/mol. The second kappa shape index (κ2) is 8.33. The Labute approximate surface area is 160 Å². The van der Waals surface area contributed by atoms with Crippen molar-refractivity contribution in [3.8, 4) is 16.9 Å². The number of benzene rings is 2. The Bertz CT molecular complexity index is 867. The molecule has 138 valence electrons. The molecule has 0 aliphatic carbocycles. The lowest BCUT2D eigenvalue weighted by Crippen LogP contribution is -2.45. The molecule has 3 aromatic rings. The average molecular weight is 359 g/mol. The third-order valence-corrected chi connectivity index (χ3v) is 5.21. The van der Waals surface area contributed by atoms with E-state index in [0.29, 0.717) is 6.04 Å². The fourth-order valence-corrected chi connectivity index (χ4v) is 3.75. The lowest BCUT2D eigenvalue weighted by atomic mass is 10.0. The van der Waals surface area contributed by atoms with Crippen molar-refractivity contribution in [3.05, 3.63) is 84.2 Å². The maximum absolute atomic E-state index is 5.74. The minimum atomic E-state index is 0.347. The summed E-state index contributed by atoms with van der Waals surface area (Å²) in [5, 5.41) is 3.51. The van der Waals surface area contributed by atoms with Crippen LogP contribution in [0.5, 0.6) is 5.75 Å². The summed E-state index contributed by atoms with van der Waals surface area (Å²) in [6.07, 6.45) is 3.74. The van der Waals surface area contributed by atoms with E-state index in [-0.39, 0.29) is 0 Å². The molecule has 0 bridgehead atoms. The molecule has 1 aliphatic heterocycles. The summed E-state index contributed by atoms with van der Waals surface area (Å²) in [5.41, 5.74) is 4.91. The van der Waals surface area contributed by atoms with Crippen molar-refractivity contribution in [1.82, 2.24) is 15.2 Å². The van der Waals surface area contributed by atoms with E-state index in [0.717, 1.165) is 31.9 Å². The van der Waals surface area contributed by atoms with Gasteiger partial charge in [-0.1, -0.05) is 42.5 Å². The minimum absolute atomic E-state index is 0.347. The maximum atomic E-state index is 5.74. The molecule has 1 fully saturated rings. The number of piperazine rings is 1. The number of pyridine rings is 1. The number of aromatic nitrogens is 1. The summed E-state index contributed by atoms with van der Waals surface area (Å²) in [5.74, 6) is 0.948. The summed E-state index contributed by atoms with van der Waals surface area (Å²) in [6.45, 7) is 3.84. The van der Waals surface area contributed by atoms with Gasteiger partial charge in [0.1, 0.15) is 5.75 Å². The maximum Gasteiger partial charge on any atom is 0.123 e. The average Bonchev–Trinajstić information content (AvgIpc) is 2.75. The second-order valence-electron chi connectivity index (χ2n) is 6.86. The topological polar surface area (TPSA) is 37.4 Å². The number of hydrogen-bond donors (Lipinski definition) is 1. The van der Waals surface area contributed by atoms with Gasteiger partial charge in [-0.05, 0) is 34.9 Å². The first-order valence-corrected chi connectivity index (χ1v) is 9.42. The van der Waals surface area contributed by atoms with Gasteiger partial charge in [0.2, 0.25) is 0 Å². The zero-order valence-electron chi connectivity index (χ0n) is 15.6. The molecular weight excluding hydrogens is 334 g/mol. The number of ether oxygens (including phenoxy) is 1. The second-order valence-corrected chi connectivity index (χ2v) is 6.86. The Kier molecular flexibility index (Phi) is 5.47. The van der Waals surface area contributed by atoms with Crippen molar-refractivity contribution < 1.29 is 4.74 Å². The molecule has 4 nitrogen and oxygen atoms in total. The van der Waals surface area contributed by atoms with E-state index in [2.05, 4.69) is 69.8 Å². The van der Waals surface area contributed by atoms with Crippen LogP contribution in [0.3, 0.4) is 0 Å². The van der Waals surface area contributed by atoms with Crippen LogP contribution in [-0.2, 0) is 6.54 Å². The highest BCUT2D eigenvalue weighted by Crippen LogP contribution is 2.30. The molecule has 4 heteroatoms. The van der Waals surface area contributed by atoms with Gasteiger partial charge >= 0.3 is 0 Å². The van der Waals surface area contributed by atoms with Crippen LogP contribution in [0.4, 0.5) is 0 Å². The minimum Gasteiger partial charge on any atom is -0.496 e. The molecule has 27 heavy (non-hydrogen) atoms. The van der Waals surface area contributed by atoms with Gasteiger partial charge in [0.25, 0.3) is 0 Å². The van der Waals surface area contributed by atoms with Crippen LogP contribution in [-0.4, -0.2) is 36.6 Å². The van der Waals surface area contributed by atoms with E-state index in [1.165, 1.54) is 22.3 Å². The predicted molar refractivity (Wildman–Crippen MR) is 109 cm³/mol. The van der Waals surface area contributed by atoms with E-state index in [1.807, 2.05) is 18.5 Å². The number of methoxy groups -OCH3 is 1. The van der Waals surface area contributed by atoms with Crippen LogP contribution >= 0.6 is 0 Å². The van der Waals surface area contributed by atoms with Gasteiger partial charge in [0, 0.05) is 50.2 Å². The van der Waals surface area contributed by atoms with E-state index in [1.54, 1.807) is 7.11 Å². The van der Waals surface area contributed by atoms with Crippen LogP contribution < -0.4 is 10.1 Å². The molecule has 1 saturated heterocycles. The molecule has 1 aliphatic rings. The summed E-state index contributed by atoms with van der Waals surface area (Å²) in [6, 6.07) is 21.5. The van der Waals surface area contributed by atoms with E-state index in [4.69, 9.17) is 4.74 Å². The van der Waals surface area contributed by atoms with Crippen LogP contribution in [0.25, 0.3) is 11.1 Å². The number of hydrogen-bond acceptors (Lipinski definition) is 4. The lowest BCUT2D eigenvalue weighted by molar-refractivity contribution is 0.152. The van der Waals surface area contributed by atoms with Crippen LogP contribution in [0, 0.1) is 0 Å². The van der Waals surface area contributed by atoms with E-state index in [9.17, 15) is 0 Å². The highest BCUT2D eigenvalue weighted by Gasteiger charge is 2.24. The van der Waals surface area contributed by atoms with Crippen molar-refractivity contribution in [2.75, 3.05) is 26.7 Å². The SMILES string of the molecule is COc1cc(-c2ccccc2)ccc1CN1CCNCC1c1ccncc1. The fraction of sp³-hybridized carbons (Fsp3) is 0.261. The summed E-state index contributed by atoms with van der Waals surface area (Å²) in [4.78, 5) is 6.68.